The summed E-state index contributed by atoms with van der Waals surface area (Å²) in [5.74, 6) is -0.00699. The molecule has 0 aromatic rings. The van der Waals surface area contributed by atoms with Gasteiger partial charge in [-0.05, 0) is 70.9 Å². The van der Waals surface area contributed by atoms with Crippen molar-refractivity contribution in [1.29, 1.82) is 0 Å². The van der Waals surface area contributed by atoms with E-state index in [0.717, 1.165) is 77.4 Å². The van der Waals surface area contributed by atoms with Crippen LogP contribution in [0.25, 0.3) is 0 Å². The highest BCUT2D eigenvalue weighted by Crippen LogP contribution is 2.18. The highest BCUT2D eigenvalue weighted by Gasteiger charge is 2.14. The van der Waals surface area contributed by atoms with Crippen LogP contribution in [0.15, 0.2) is 0 Å². The zero-order chi connectivity index (χ0) is 35.9. The summed E-state index contributed by atoms with van der Waals surface area (Å²) in [6.07, 6.45) is 37.0. The Bertz CT molecular complexity index is 687. The van der Waals surface area contributed by atoms with Crippen molar-refractivity contribution in [3.63, 3.8) is 0 Å². The number of hydrogen-bond acceptors (Lipinski definition) is 6. The van der Waals surface area contributed by atoms with Gasteiger partial charge in [0.2, 0.25) is 0 Å². The molecule has 0 radical (unpaired) electrons. The molecule has 0 aliphatic carbocycles. The summed E-state index contributed by atoms with van der Waals surface area (Å²) >= 11 is 0. The van der Waals surface area contributed by atoms with Crippen LogP contribution >= 0.6 is 0 Å². The van der Waals surface area contributed by atoms with Crippen molar-refractivity contribution >= 4 is 11.9 Å². The Morgan fingerprint density at radius 3 is 1.35 bits per heavy atom. The Kier molecular flexibility index (Phi) is 38.7. The zero-order valence-corrected chi connectivity index (χ0v) is 33.3. The first-order valence-corrected chi connectivity index (χ1v) is 21.8. The maximum Gasteiger partial charge on any atom is 0.306 e. The van der Waals surface area contributed by atoms with Gasteiger partial charge in [-0.3, -0.25) is 9.59 Å². The molecule has 49 heavy (non-hydrogen) atoms. The average Bonchev–Trinajstić information content (AvgIpc) is 3.09. The molecule has 1 unspecified atom stereocenters. The summed E-state index contributed by atoms with van der Waals surface area (Å²) in [5.41, 5.74) is 0. The maximum absolute atomic E-state index is 12.5. The molecule has 0 saturated heterocycles. The fraction of sp³-hybridized carbons (Fsp3) is 0.953. The number of esters is 2. The number of aliphatic hydroxyl groups excluding tert-OH is 1. The van der Waals surface area contributed by atoms with Gasteiger partial charge < -0.3 is 19.5 Å². The number of ether oxygens (including phenoxy) is 2. The van der Waals surface area contributed by atoms with Crippen LogP contribution in [0.3, 0.4) is 0 Å². The molecule has 6 heteroatoms. The molecule has 0 heterocycles. The molecule has 0 spiro atoms. The Hall–Kier alpha value is -1.14. The minimum absolute atomic E-state index is 0.0204. The van der Waals surface area contributed by atoms with E-state index < -0.39 is 0 Å². The lowest BCUT2D eigenvalue weighted by Crippen LogP contribution is -2.29. The quantitative estimate of drug-likeness (QED) is 0.0508. The summed E-state index contributed by atoms with van der Waals surface area (Å²) < 4.78 is 11.4. The van der Waals surface area contributed by atoms with Gasteiger partial charge in [0.25, 0.3) is 0 Å². The van der Waals surface area contributed by atoms with Gasteiger partial charge in [-0.15, -0.1) is 0 Å². The topological polar surface area (TPSA) is 76.1 Å². The van der Waals surface area contributed by atoms with Crippen molar-refractivity contribution in [3.05, 3.63) is 0 Å². The Morgan fingerprint density at radius 1 is 0.469 bits per heavy atom. The van der Waals surface area contributed by atoms with Crippen LogP contribution in [0, 0.1) is 0 Å². The van der Waals surface area contributed by atoms with Gasteiger partial charge in [-0.25, -0.2) is 0 Å². The van der Waals surface area contributed by atoms with E-state index >= 15 is 0 Å². The van der Waals surface area contributed by atoms with Crippen LogP contribution in [0.4, 0.5) is 0 Å². The molecule has 0 fully saturated rings. The number of carbonyl (C=O) groups excluding carboxylic acids is 2. The summed E-state index contributed by atoms with van der Waals surface area (Å²) in [7, 11) is 0. The van der Waals surface area contributed by atoms with Crippen LogP contribution in [-0.2, 0) is 19.1 Å². The lowest BCUT2D eigenvalue weighted by molar-refractivity contribution is -0.150. The maximum atomic E-state index is 12.5. The van der Waals surface area contributed by atoms with Crippen molar-refractivity contribution in [2.45, 2.75) is 232 Å². The molecule has 1 atom stereocenters. The first-order chi connectivity index (χ1) is 24.1. The van der Waals surface area contributed by atoms with E-state index in [1.54, 1.807) is 0 Å². The van der Waals surface area contributed by atoms with E-state index in [4.69, 9.17) is 9.47 Å². The fourth-order valence-corrected chi connectivity index (χ4v) is 6.70. The molecule has 0 bridgehead atoms. The van der Waals surface area contributed by atoms with E-state index in [2.05, 4.69) is 25.7 Å². The van der Waals surface area contributed by atoms with Gasteiger partial charge >= 0.3 is 11.9 Å². The number of rotatable bonds is 40. The minimum Gasteiger partial charge on any atom is -0.466 e. The SMILES string of the molecule is CCCCCCCCCOC(=O)CCCCCCCN(CCO)CCCCCCCCCC(=O)OC(CCCCCC)CCCCCCC. The van der Waals surface area contributed by atoms with Crippen molar-refractivity contribution in [1.82, 2.24) is 4.90 Å². The molecular weight excluding hydrogens is 610 g/mol. The molecule has 0 aromatic heterocycles. The van der Waals surface area contributed by atoms with Crippen molar-refractivity contribution in [3.8, 4) is 0 Å². The predicted molar refractivity (Wildman–Crippen MR) is 209 cm³/mol. The monoisotopic (exact) mass is 696 g/mol. The second kappa shape index (κ2) is 39.6. The lowest BCUT2D eigenvalue weighted by Gasteiger charge is -2.21. The number of unbranched alkanes of at least 4 members (excludes halogenated alkanes) is 23. The second-order valence-corrected chi connectivity index (χ2v) is 14.8. The highest BCUT2D eigenvalue weighted by atomic mass is 16.5. The number of aliphatic hydroxyl groups is 1. The first kappa shape index (κ1) is 47.9. The second-order valence-electron chi connectivity index (χ2n) is 14.8. The van der Waals surface area contributed by atoms with Gasteiger partial charge in [0.1, 0.15) is 6.10 Å². The van der Waals surface area contributed by atoms with Crippen LogP contribution < -0.4 is 0 Å². The van der Waals surface area contributed by atoms with Gasteiger partial charge in [-0.2, -0.15) is 0 Å². The van der Waals surface area contributed by atoms with Gasteiger partial charge in [0.05, 0.1) is 13.2 Å². The summed E-state index contributed by atoms with van der Waals surface area (Å²) in [6, 6.07) is 0. The van der Waals surface area contributed by atoms with Crippen molar-refractivity contribution in [2.75, 3.05) is 32.8 Å². The van der Waals surface area contributed by atoms with Gasteiger partial charge in [-0.1, -0.05) is 156 Å². The highest BCUT2D eigenvalue weighted by molar-refractivity contribution is 5.69. The minimum atomic E-state index is -0.0274. The van der Waals surface area contributed by atoms with E-state index in [1.807, 2.05) is 0 Å². The van der Waals surface area contributed by atoms with Crippen LogP contribution in [-0.4, -0.2) is 60.9 Å². The third kappa shape index (κ3) is 36.5. The molecule has 0 rings (SSSR count). The Labute approximate surface area is 305 Å². The van der Waals surface area contributed by atoms with Crippen LogP contribution in [0.5, 0.6) is 0 Å². The largest absolute Gasteiger partial charge is 0.466 e. The zero-order valence-electron chi connectivity index (χ0n) is 33.3. The first-order valence-electron chi connectivity index (χ1n) is 21.8. The van der Waals surface area contributed by atoms with Crippen LogP contribution in [0.2, 0.25) is 0 Å². The lowest BCUT2D eigenvalue weighted by atomic mass is 10.0. The molecule has 0 aliphatic rings. The van der Waals surface area contributed by atoms with E-state index in [-0.39, 0.29) is 24.6 Å². The summed E-state index contributed by atoms with van der Waals surface area (Å²) in [5, 5.41) is 9.51. The van der Waals surface area contributed by atoms with E-state index in [1.165, 1.54) is 135 Å². The summed E-state index contributed by atoms with van der Waals surface area (Å²) in [6.45, 7) is 10.4. The van der Waals surface area contributed by atoms with Crippen molar-refractivity contribution < 1.29 is 24.2 Å². The molecule has 0 aromatic carbocycles. The molecule has 292 valence electrons. The molecule has 6 nitrogen and oxygen atoms in total. The predicted octanol–water partition coefficient (Wildman–Crippen LogP) is 12.3. The normalized spacial score (nSPS) is 12.1. The number of nitrogens with zero attached hydrogens (tertiary/aromatic N) is 1. The third-order valence-corrected chi connectivity index (χ3v) is 9.95. The molecule has 1 N–H and O–H groups in total. The molecule has 0 amide bonds. The fourth-order valence-electron chi connectivity index (χ4n) is 6.70. The average molecular weight is 696 g/mol. The Balaban J connectivity index is 3.80. The molecule has 0 saturated carbocycles. The number of carbonyl (C=O) groups is 2. The van der Waals surface area contributed by atoms with Gasteiger partial charge in [0, 0.05) is 19.4 Å². The van der Waals surface area contributed by atoms with E-state index in [9.17, 15) is 14.7 Å². The summed E-state index contributed by atoms with van der Waals surface area (Å²) in [4.78, 5) is 26.9. The van der Waals surface area contributed by atoms with Crippen molar-refractivity contribution in [2.24, 2.45) is 0 Å². The Morgan fingerprint density at radius 2 is 0.857 bits per heavy atom. The third-order valence-electron chi connectivity index (χ3n) is 9.95. The molecular formula is C43H85NO5. The van der Waals surface area contributed by atoms with E-state index in [0.29, 0.717) is 19.4 Å². The number of hydrogen-bond donors (Lipinski definition) is 1. The van der Waals surface area contributed by atoms with Crippen LogP contribution in [0.1, 0.15) is 226 Å². The van der Waals surface area contributed by atoms with Gasteiger partial charge in [0.15, 0.2) is 0 Å². The smallest absolute Gasteiger partial charge is 0.306 e. The standard InChI is InChI=1S/C43H85NO5/c1-4-7-10-13-17-24-31-40-48-42(46)34-27-21-18-23-30-37-44(38-39-45)36-29-22-16-14-15-20-28-35-43(47)49-41(32-25-12-9-6-3)33-26-19-11-8-5-2/h41,45H,4-40H2,1-3H3. The molecule has 0 aliphatic heterocycles.